The standard InChI is InChI=1S/C17H29N3O/c1-14(2)10-19-12-15-11-18-8-7-17(15)20(3)13-16-6-4-5-9-21-16/h7-8,11,14,16,19H,4-6,9-10,12-13H2,1-3H3. The lowest BCUT2D eigenvalue weighted by molar-refractivity contribution is 0.0216. The van der Waals surface area contributed by atoms with Gasteiger partial charge < -0.3 is 15.0 Å². The molecule has 1 aromatic heterocycles. The highest BCUT2D eigenvalue weighted by Gasteiger charge is 2.17. The van der Waals surface area contributed by atoms with Crippen molar-refractivity contribution in [1.82, 2.24) is 10.3 Å². The number of rotatable bonds is 7. The lowest BCUT2D eigenvalue weighted by Gasteiger charge is -2.29. The molecule has 4 nitrogen and oxygen atoms in total. The van der Waals surface area contributed by atoms with Gasteiger partial charge in [0.2, 0.25) is 0 Å². The maximum Gasteiger partial charge on any atom is 0.0749 e. The summed E-state index contributed by atoms with van der Waals surface area (Å²) >= 11 is 0. The maximum absolute atomic E-state index is 5.85. The van der Waals surface area contributed by atoms with Gasteiger partial charge in [-0.15, -0.1) is 0 Å². The smallest absolute Gasteiger partial charge is 0.0749 e. The molecule has 1 atom stereocenters. The van der Waals surface area contributed by atoms with Crippen LogP contribution in [0.2, 0.25) is 0 Å². The molecule has 4 heteroatoms. The van der Waals surface area contributed by atoms with E-state index in [2.05, 4.69) is 42.2 Å². The zero-order valence-electron chi connectivity index (χ0n) is 13.6. The van der Waals surface area contributed by atoms with Gasteiger partial charge in [-0.25, -0.2) is 0 Å². The van der Waals surface area contributed by atoms with E-state index in [9.17, 15) is 0 Å². The number of aromatic nitrogens is 1. The van der Waals surface area contributed by atoms with Crippen molar-refractivity contribution >= 4 is 5.69 Å². The number of anilines is 1. The van der Waals surface area contributed by atoms with Crippen molar-refractivity contribution in [2.45, 2.75) is 45.8 Å². The molecule has 1 aliphatic rings. The monoisotopic (exact) mass is 291 g/mol. The molecule has 0 aliphatic carbocycles. The first-order valence-electron chi connectivity index (χ1n) is 8.13. The van der Waals surface area contributed by atoms with Crippen LogP contribution in [0.5, 0.6) is 0 Å². The summed E-state index contributed by atoms with van der Waals surface area (Å²) in [6.07, 6.45) is 7.89. The number of ether oxygens (including phenoxy) is 1. The molecule has 1 fully saturated rings. The minimum absolute atomic E-state index is 0.369. The molecule has 2 rings (SSSR count). The molecule has 0 saturated carbocycles. The zero-order chi connectivity index (χ0) is 15.1. The van der Waals surface area contributed by atoms with Crippen LogP contribution in [0.25, 0.3) is 0 Å². The summed E-state index contributed by atoms with van der Waals surface area (Å²) < 4.78 is 5.85. The third-order valence-corrected chi connectivity index (χ3v) is 3.91. The molecule has 0 amide bonds. The van der Waals surface area contributed by atoms with E-state index in [1.807, 2.05) is 12.4 Å². The van der Waals surface area contributed by atoms with Crippen molar-refractivity contribution in [3.8, 4) is 0 Å². The average molecular weight is 291 g/mol. The van der Waals surface area contributed by atoms with Gasteiger partial charge in [0, 0.05) is 50.4 Å². The predicted octanol–water partition coefficient (Wildman–Crippen LogP) is 2.83. The number of likely N-dealkylation sites (N-methyl/N-ethyl adjacent to an activating group) is 1. The second-order valence-corrected chi connectivity index (χ2v) is 6.40. The quantitative estimate of drug-likeness (QED) is 0.838. The van der Waals surface area contributed by atoms with Gasteiger partial charge in [0.05, 0.1) is 6.10 Å². The first-order chi connectivity index (χ1) is 10.2. The third kappa shape index (κ3) is 5.29. The van der Waals surface area contributed by atoms with Crippen molar-refractivity contribution in [2.24, 2.45) is 5.92 Å². The van der Waals surface area contributed by atoms with Gasteiger partial charge in [-0.1, -0.05) is 13.8 Å². The van der Waals surface area contributed by atoms with Crippen LogP contribution in [0, 0.1) is 5.92 Å². The van der Waals surface area contributed by atoms with Gasteiger partial charge in [-0.2, -0.15) is 0 Å². The molecule has 1 aliphatic heterocycles. The molecule has 21 heavy (non-hydrogen) atoms. The topological polar surface area (TPSA) is 37.4 Å². The fourth-order valence-electron chi connectivity index (χ4n) is 2.78. The minimum Gasteiger partial charge on any atom is -0.376 e. The fraction of sp³-hybridized carbons (Fsp3) is 0.706. The molecule has 2 heterocycles. The Morgan fingerprint density at radius 2 is 2.29 bits per heavy atom. The van der Waals surface area contributed by atoms with E-state index in [0.29, 0.717) is 12.0 Å². The summed E-state index contributed by atoms with van der Waals surface area (Å²) in [6.45, 7) is 8.23. The van der Waals surface area contributed by atoms with E-state index in [-0.39, 0.29) is 0 Å². The summed E-state index contributed by atoms with van der Waals surface area (Å²) in [6, 6.07) is 2.11. The summed E-state index contributed by atoms with van der Waals surface area (Å²) in [5.74, 6) is 0.665. The number of nitrogens with one attached hydrogen (secondary N) is 1. The molecular weight excluding hydrogens is 262 g/mol. The van der Waals surface area contributed by atoms with Crippen LogP contribution in [-0.4, -0.2) is 37.8 Å². The Kier molecular flexibility index (Phi) is 6.46. The normalized spacial score (nSPS) is 19.0. The van der Waals surface area contributed by atoms with E-state index in [4.69, 9.17) is 4.74 Å². The molecule has 0 aromatic carbocycles. The van der Waals surface area contributed by atoms with Gasteiger partial charge in [0.1, 0.15) is 0 Å². The first kappa shape index (κ1) is 16.2. The molecule has 0 spiro atoms. The highest BCUT2D eigenvalue weighted by atomic mass is 16.5. The molecule has 1 saturated heterocycles. The van der Waals surface area contributed by atoms with E-state index < -0.39 is 0 Å². The average Bonchev–Trinajstić information content (AvgIpc) is 2.48. The van der Waals surface area contributed by atoms with E-state index in [1.54, 1.807) is 0 Å². The first-order valence-corrected chi connectivity index (χ1v) is 8.13. The summed E-state index contributed by atoms with van der Waals surface area (Å²) in [7, 11) is 2.15. The predicted molar refractivity (Wildman–Crippen MR) is 87.6 cm³/mol. The van der Waals surface area contributed by atoms with Crippen LogP contribution in [0.15, 0.2) is 18.5 Å². The number of hydrogen-bond donors (Lipinski definition) is 1. The van der Waals surface area contributed by atoms with Crippen LogP contribution < -0.4 is 10.2 Å². The third-order valence-electron chi connectivity index (χ3n) is 3.91. The van der Waals surface area contributed by atoms with Gasteiger partial charge in [-0.3, -0.25) is 4.98 Å². The van der Waals surface area contributed by atoms with Crippen LogP contribution in [0.4, 0.5) is 5.69 Å². The van der Waals surface area contributed by atoms with Gasteiger partial charge in [0.25, 0.3) is 0 Å². The SMILES string of the molecule is CC(C)CNCc1cnccc1N(C)CC1CCCCO1. The number of nitrogens with zero attached hydrogens (tertiary/aromatic N) is 2. The van der Waals surface area contributed by atoms with Crippen molar-refractivity contribution in [3.63, 3.8) is 0 Å². The highest BCUT2D eigenvalue weighted by Crippen LogP contribution is 2.21. The Morgan fingerprint density at radius 3 is 3.00 bits per heavy atom. The number of hydrogen-bond acceptors (Lipinski definition) is 4. The molecule has 0 bridgehead atoms. The maximum atomic E-state index is 5.85. The highest BCUT2D eigenvalue weighted by molar-refractivity contribution is 5.51. The van der Waals surface area contributed by atoms with E-state index in [1.165, 1.54) is 30.5 Å². The number of pyridine rings is 1. The molecule has 118 valence electrons. The Morgan fingerprint density at radius 1 is 1.43 bits per heavy atom. The van der Waals surface area contributed by atoms with Crippen molar-refractivity contribution < 1.29 is 4.74 Å². The Hall–Kier alpha value is -1.13. The lowest BCUT2D eigenvalue weighted by atomic mass is 10.1. The van der Waals surface area contributed by atoms with Gasteiger partial charge >= 0.3 is 0 Å². The molecule has 1 aromatic rings. The van der Waals surface area contributed by atoms with E-state index >= 15 is 0 Å². The van der Waals surface area contributed by atoms with E-state index in [0.717, 1.165) is 26.2 Å². The second kappa shape index (κ2) is 8.35. The van der Waals surface area contributed by atoms with Crippen LogP contribution >= 0.6 is 0 Å². The van der Waals surface area contributed by atoms with Crippen LogP contribution in [-0.2, 0) is 11.3 Å². The Balaban J connectivity index is 1.93. The van der Waals surface area contributed by atoms with Crippen molar-refractivity contribution in [3.05, 3.63) is 24.0 Å². The van der Waals surface area contributed by atoms with Crippen molar-refractivity contribution in [1.29, 1.82) is 0 Å². The van der Waals surface area contributed by atoms with Crippen LogP contribution in [0.3, 0.4) is 0 Å². The Labute approximate surface area is 128 Å². The lowest BCUT2D eigenvalue weighted by Crippen LogP contribution is -2.34. The summed E-state index contributed by atoms with van der Waals surface area (Å²) in [5.41, 5.74) is 2.52. The molecular formula is C17H29N3O. The van der Waals surface area contributed by atoms with Gasteiger partial charge in [-0.05, 0) is 37.8 Å². The summed E-state index contributed by atoms with van der Waals surface area (Å²) in [5, 5.41) is 3.50. The molecule has 1 N–H and O–H groups in total. The summed E-state index contributed by atoms with van der Waals surface area (Å²) in [4.78, 5) is 6.58. The van der Waals surface area contributed by atoms with Gasteiger partial charge in [0.15, 0.2) is 0 Å². The molecule has 1 unspecified atom stereocenters. The molecule has 0 radical (unpaired) electrons. The van der Waals surface area contributed by atoms with Crippen LogP contribution in [0.1, 0.15) is 38.7 Å². The zero-order valence-corrected chi connectivity index (χ0v) is 13.6. The largest absolute Gasteiger partial charge is 0.376 e. The Bertz CT molecular complexity index is 416. The van der Waals surface area contributed by atoms with Crippen molar-refractivity contribution in [2.75, 3.05) is 31.6 Å². The fourth-order valence-corrected chi connectivity index (χ4v) is 2.78. The minimum atomic E-state index is 0.369. The second-order valence-electron chi connectivity index (χ2n) is 6.40.